The molecule has 4 rings (SSSR count). The van der Waals surface area contributed by atoms with Crippen molar-refractivity contribution in [2.45, 2.75) is 40.2 Å². The normalized spacial score (nSPS) is 16.0. The topological polar surface area (TPSA) is 67.4 Å². The molecule has 3 aromatic rings. The van der Waals surface area contributed by atoms with Gasteiger partial charge in [0, 0.05) is 32.0 Å². The van der Waals surface area contributed by atoms with E-state index in [-0.39, 0.29) is 11.8 Å². The fourth-order valence-electron chi connectivity index (χ4n) is 3.96. The van der Waals surface area contributed by atoms with E-state index >= 15 is 0 Å². The van der Waals surface area contributed by atoms with Crippen molar-refractivity contribution in [2.24, 2.45) is 5.92 Å². The van der Waals surface area contributed by atoms with Crippen LogP contribution in [0.25, 0.3) is 0 Å². The summed E-state index contributed by atoms with van der Waals surface area (Å²) in [6, 6.07) is 14.2. The van der Waals surface area contributed by atoms with Crippen LogP contribution in [0, 0.1) is 26.7 Å². The second-order valence-corrected chi connectivity index (χ2v) is 8.52. The lowest BCUT2D eigenvalue weighted by Gasteiger charge is -2.33. The molecular weight excluding hydrogens is 400 g/mol. The van der Waals surface area contributed by atoms with Gasteiger partial charge in [0.25, 0.3) is 5.88 Å². The van der Waals surface area contributed by atoms with E-state index in [1.165, 1.54) is 16.7 Å². The van der Waals surface area contributed by atoms with Gasteiger partial charge in [-0.05, 0) is 62.4 Å². The van der Waals surface area contributed by atoms with Crippen LogP contribution in [0.4, 0.5) is 5.82 Å². The Hall–Kier alpha value is -3.41. The van der Waals surface area contributed by atoms with Crippen LogP contribution in [-0.2, 0) is 11.3 Å². The van der Waals surface area contributed by atoms with Gasteiger partial charge in [-0.3, -0.25) is 4.79 Å². The lowest BCUT2D eigenvalue weighted by Crippen LogP contribution is -2.43. The standard InChI is InChI=1S/C26H30N4O2/c1-18-6-10-23(11-7-18)32-26-24(27-12-13-28-26)30-14-4-5-22(17-30)25(31)29-16-21-9-8-19(2)20(3)15-21/h6-13,15,22H,4-5,14,16-17H2,1-3H3,(H,29,31)/t22-/m1/s1. The Labute approximate surface area is 189 Å². The smallest absolute Gasteiger partial charge is 0.263 e. The van der Waals surface area contributed by atoms with Gasteiger partial charge in [0.2, 0.25) is 5.91 Å². The molecule has 2 aromatic carbocycles. The Kier molecular flexibility index (Phi) is 6.69. The van der Waals surface area contributed by atoms with Gasteiger partial charge in [-0.25, -0.2) is 9.97 Å². The third-order valence-electron chi connectivity index (χ3n) is 6.01. The van der Waals surface area contributed by atoms with Crippen molar-refractivity contribution in [3.8, 4) is 11.6 Å². The number of ether oxygens (including phenoxy) is 1. The molecule has 1 saturated heterocycles. The molecule has 2 heterocycles. The zero-order valence-electron chi connectivity index (χ0n) is 19.0. The summed E-state index contributed by atoms with van der Waals surface area (Å²) in [4.78, 5) is 23.9. The molecule has 0 aliphatic carbocycles. The van der Waals surface area contributed by atoms with Crippen molar-refractivity contribution in [1.82, 2.24) is 15.3 Å². The predicted octanol–water partition coefficient (Wildman–Crippen LogP) is 4.73. The maximum Gasteiger partial charge on any atom is 0.263 e. The summed E-state index contributed by atoms with van der Waals surface area (Å²) in [7, 11) is 0. The minimum Gasteiger partial charge on any atom is -0.436 e. The fraction of sp³-hybridized carbons (Fsp3) is 0.346. The number of amides is 1. The molecule has 1 aromatic heterocycles. The molecule has 1 amide bonds. The zero-order chi connectivity index (χ0) is 22.5. The molecule has 0 spiro atoms. The van der Waals surface area contributed by atoms with E-state index in [1.807, 2.05) is 31.2 Å². The first-order valence-corrected chi connectivity index (χ1v) is 11.1. The van der Waals surface area contributed by atoms with E-state index in [0.29, 0.717) is 24.8 Å². The number of carbonyl (C=O) groups is 1. The van der Waals surface area contributed by atoms with Crippen molar-refractivity contribution in [2.75, 3.05) is 18.0 Å². The molecule has 1 aliphatic rings. The molecule has 0 bridgehead atoms. The van der Waals surface area contributed by atoms with Crippen molar-refractivity contribution in [3.05, 3.63) is 77.1 Å². The fourth-order valence-corrected chi connectivity index (χ4v) is 3.96. The van der Waals surface area contributed by atoms with Crippen LogP contribution in [0.3, 0.4) is 0 Å². The Morgan fingerprint density at radius 2 is 1.84 bits per heavy atom. The number of nitrogens with zero attached hydrogens (tertiary/aromatic N) is 3. The SMILES string of the molecule is Cc1ccc(Oc2nccnc2N2CCC[C@@H](C(=O)NCc3ccc(C)c(C)c3)C2)cc1. The number of aromatic nitrogens is 2. The zero-order valence-corrected chi connectivity index (χ0v) is 19.0. The predicted molar refractivity (Wildman–Crippen MR) is 126 cm³/mol. The summed E-state index contributed by atoms with van der Waals surface area (Å²) in [6.07, 6.45) is 5.08. The van der Waals surface area contributed by atoms with Crippen LogP contribution < -0.4 is 15.0 Å². The van der Waals surface area contributed by atoms with Gasteiger partial charge in [-0.1, -0.05) is 35.9 Å². The van der Waals surface area contributed by atoms with Crippen LogP contribution >= 0.6 is 0 Å². The van der Waals surface area contributed by atoms with Gasteiger partial charge in [0.05, 0.1) is 5.92 Å². The van der Waals surface area contributed by atoms with Crippen LogP contribution in [0.15, 0.2) is 54.9 Å². The van der Waals surface area contributed by atoms with Gasteiger partial charge in [-0.15, -0.1) is 0 Å². The van der Waals surface area contributed by atoms with E-state index in [9.17, 15) is 4.79 Å². The highest BCUT2D eigenvalue weighted by molar-refractivity contribution is 5.79. The summed E-state index contributed by atoms with van der Waals surface area (Å²) in [6.45, 7) is 8.19. The highest BCUT2D eigenvalue weighted by atomic mass is 16.5. The summed E-state index contributed by atoms with van der Waals surface area (Å²) < 4.78 is 6.02. The molecule has 0 unspecified atom stereocenters. The number of aryl methyl sites for hydroxylation is 3. The summed E-state index contributed by atoms with van der Waals surface area (Å²) in [5, 5.41) is 3.11. The van der Waals surface area contributed by atoms with E-state index in [4.69, 9.17) is 4.74 Å². The number of nitrogens with one attached hydrogen (secondary N) is 1. The Morgan fingerprint density at radius 3 is 2.62 bits per heavy atom. The summed E-state index contributed by atoms with van der Waals surface area (Å²) in [5.41, 5.74) is 4.79. The quantitative estimate of drug-likeness (QED) is 0.613. The number of carbonyl (C=O) groups excluding carboxylic acids is 1. The number of hydrogen-bond acceptors (Lipinski definition) is 5. The lowest BCUT2D eigenvalue weighted by molar-refractivity contribution is -0.125. The minimum absolute atomic E-state index is 0.0813. The number of hydrogen-bond donors (Lipinski definition) is 1. The monoisotopic (exact) mass is 430 g/mol. The van der Waals surface area contributed by atoms with Gasteiger partial charge in [0.15, 0.2) is 5.82 Å². The van der Waals surface area contributed by atoms with E-state index in [0.717, 1.165) is 30.7 Å². The van der Waals surface area contributed by atoms with Crippen molar-refractivity contribution in [3.63, 3.8) is 0 Å². The highest BCUT2D eigenvalue weighted by Gasteiger charge is 2.28. The van der Waals surface area contributed by atoms with Crippen LogP contribution in [-0.4, -0.2) is 29.0 Å². The average Bonchev–Trinajstić information content (AvgIpc) is 2.81. The van der Waals surface area contributed by atoms with Crippen LogP contribution in [0.2, 0.25) is 0 Å². The Morgan fingerprint density at radius 1 is 1.06 bits per heavy atom. The molecule has 0 radical (unpaired) electrons. The van der Waals surface area contributed by atoms with Gasteiger partial charge >= 0.3 is 0 Å². The molecule has 1 aliphatic heterocycles. The molecule has 166 valence electrons. The Bertz CT molecular complexity index is 1080. The second kappa shape index (κ2) is 9.81. The molecule has 1 N–H and O–H groups in total. The number of piperidine rings is 1. The van der Waals surface area contributed by atoms with E-state index in [1.54, 1.807) is 12.4 Å². The van der Waals surface area contributed by atoms with Crippen LogP contribution in [0.5, 0.6) is 11.6 Å². The maximum absolute atomic E-state index is 12.9. The van der Waals surface area contributed by atoms with Crippen molar-refractivity contribution < 1.29 is 9.53 Å². The lowest BCUT2D eigenvalue weighted by atomic mass is 9.97. The molecule has 1 fully saturated rings. The van der Waals surface area contributed by atoms with Gasteiger partial charge in [0.1, 0.15) is 5.75 Å². The second-order valence-electron chi connectivity index (χ2n) is 8.52. The van der Waals surface area contributed by atoms with Crippen molar-refractivity contribution >= 4 is 11.7 Å². The molecular formula is C26H30N4O2. The van der Waals surface area contributed by atoms with Gasteiger partial charge in [-0.2, -0.15) is 0 Å². The summed E-state index contributed by atoms with van der Waals surface area (Å²) in [5.74, 6) is 1.85. The molecule has 0 saturated carbocycles. The highest BCUT2D eigenvalue weighted by Crippen LogP contribution is 2.31. The molecule has 6 nitrogen and oxygen atoms in total. The number of rotatable bonds is 6. The third-order valence-corrected chi connectivity index (χ3v) is 6.01. The van der Waals surface area contributed by atoms with E-state index < -0.39 is 0 Å². The first-order valence-electron chi connectivity index (χ1n) is 11.1. The summed E-state index contributed by atoms with van der Waals surface area (Å²) >= 11 is 0. The average molecular weight is 431 g/mol. The molecule has 6 heteroatoms. The maximum atomic E-state index is 12.9. The Balaban J connectivity index is 1.41. The van der Waals surface area contributed by atoms with Crippen LogP contribution in [0.1, 0.15) is 35.1 Å². The number of anilines is 1. The first kappa shape index (κ1) is 21.8. The van der Waals surface area contributed by atoms with Gasteiger partial charge < -0.3 is 15.0 Å². The van der Waals surface area contributed by atoms with Crippen molar-refractivity contribution in [1.29, 1.82) is 0 Å². The first-order chi connectivity index (χ1) is 15.5. The molecule has 1 atom stereocenters. The van der Waals surface area contributed by atoms with E-state index in [2.05, 4.69) is 52.2 Å². The largest absolute Gasteiger partial charge is 0.436 e. The number of benzene rings is 2. The third kappa shape index (κ3) is 5.25. The minimum atomic E-state index is -0.0930. The molecule has 32 heavy (non-hydrogen) atoms.